The van der Waals surface area contributed by atoms with Crippen molar-refractivity contribution in [2.24, 2.45) is 0 Å². The zero-order valence-electron chi connectivity index (χ0n) is 15.8. The fourth-order valence-electron chi connectivity index (χ4n) is 2.88. The minimum atomic E-state index is -0.532. The van der Waals surface area contributed by atoms with Crippen LogP contribution in [0.25, 0.3) is 0 Å². The molecule has 0 bridgehead atoms. The Balaban J connectivity index is 1.64. The second-order valence-electron chi connectivity index (χ2n) is 7.64. The van der Waals surface area contributed by atoms with E-state index in [4.69, 9.17) is 14.2 Å². The van der Waals surface area contributed by atoms with Crippen LogP contribution in [0.3, 0.4) is 0 Å². The molecule has 27 heavy (non-hydrogen) atoms. The molecule has 0 atom stereocenters. The van der Waals surface area contributed by atoms with E-state index < -0.39 is 10.5 Å². The van der Waals surface area contributed by atoms with E-state index >= 15 is 0 Å². The third-order valence-corrected chi connectivity index (χ3v) is 4.34. The van der Waals surface area contributed by atoms with Crippen molar-refractivity contribution in [3.05, 3.63) is 28.3 Å². The molecule has 0 aliphatic carbocycles. The fourth-order valence-corrected chi connectivity index (χ4v) is 2.88. The normalized spacial score (nSPS) is 18.0. The van der Waals surface area contributed by atoms with E-state index in [1.807, 2.05) is 31.7 Å². The third kappa shape index (κ3) is 4.79. The predicted octanol–water partition coefficient (Wildman–Crippen LogP) is 2.43. The first kappa shape index (κ1) is 19.2. The summed E-state index contributed by atoms with van der Waals surface area (Å²) in [6.45, 7) is 8.55. The van der Waals surface area contributed by atoms with Crippen LogP contribution in [-0.4, -0.2) is 67.0 Å². The van der Waals surface area contributed by atoms with Crippen molar-refractivity contribution in [2.45, 2.75) is 32.5 Å². The van der Waals surface area contributed by atoms with Crippen LogP contribution in [0.5, 0.6) is 5.75 Å². The Hall–Kier alpha value is -2.55. The van der Waals surface area contributed by atoms with Crippen LogP contribution in [0.15, 0.2) is 18.2 Å². The van der Waals surface area contributed by atoms with Crippen LogP contribution in [0.2, 0.25) is 0 Å². The maximum atomic E-state index is 12.2. The molecule has 2 aliphatic heterocycles. The SMILES string of the molecule is CC(C)(C)OC(=O)N1CCN(c2ccc(OC3COC3)c([N+](=O)[O-])c2)CC1. The van der Waals surface area contributed by atoms with E-state index in [1.54, 1.807) is 11.0 Å². The lowest BCUT2D eigenvalue weighted by molar-refractivity contribution is -0.386. The lowest BCUT2D eigenvalue weighted by Crippen LogP contribution is -2.50. The third-order valence-electron chi connectivity index (χ3n) is 4.34. The van der Waals surface area contributed by atoms with E-state index in [0.717, 1.165) is 5.69 Å². The molecular weight excluding hydrogens is 354 g/mol. The molecule has 3 rings (SSSR count). The molecule has 1 aromatic rings. The first-order valence-corrected chi connectivity index (χ1v) is 8.98. The molecule has 0 unspecified atom stereocenters. The molecule has 2 heterocycles. The number of nitro benzene ring substituents is 1. The van der Waals surface area contributed by atoms with E-state index in [0.29, 0.717) is 39.4 Å². The number of hydrogen-bond donors (Lipinski definition) is 0. The van der Waals surface area contributed by atoms with Gasteiger partial charge in [0.2, 0.25) is 0 Å². The standard InChI is InChI=1S/C18H25N3O6/c1-18(2,3)27-17(22)20-8-6-19(7-9-20)13-4-5-16(15(10-13)21(23)24)26-14-11-25-12-14/h4-5,10,14H,6-9,11-12H2,1-3H3. The number of nitro groups is 1. The highest BCUT2D eigenvalue weighted by atomic mass is 16.6. The summed E-state index contributed by atoms with van der Waals surface area (Å²) < 4.78 is 16.1. The maximum Gasteiger partial charge on any atom is 0.410 e. The number of nitrogens with zero attached hydrogens (tertiary/aromatic N) is 3. The molecule has 0 spiro atoms. The quantitative estimate of drug-likeness (QED) is 0.586. The van der Waals surface area contributed by atoms with Gasteiger partial charge in [-0.15, -0.1) is 0 Å². The number of carbonyl (C=O) groups is 1. The molecule has 9 heteroatoms. The molecule has 2 aliphatic rings. The second kappa shape index (κ2) is 7.59. The molecule has 2 saturated heterocycles. The Kier molecular flexibility index (Phi) is 5.41. The van der Waals surface area contributed by atoms with Gasteiger partial charge in [0, 0.05) is 37.9 Å². The van der Waals surface area contributed by atoms with Crippen molar-refractivity contribution in [1.82, 2.24) is 4.90 Å². The summed E-state index contributed by atoms with van der Waals surface area (Å²) in [5.74, 6) is 0.254. The Labute approximate surface area is 157 Å². The highest BCUT2D eigenvalue weighted by molar-refractivity contribution is 5.69. The van der Waals surface area contributed by atoms with E-state index in [-0.39, 0.29) is 23.6 Å². The first-order chi connectivity index (χ1) is 12.7. The summed E-state index contributed by atoms with van der Waals surface area (Å²) in [6, 6.07) is 4.97. The molecule has 0 aromatic heterocycles. The highest BCUT2D eigenvalue weighted by Gasteiger charge is 2.28. The topological polar surface area (TPSA) is 94.4 Å². The zero-order chi connectivity index (χ0) is 19.6. The molecular formula is C18H25N3O6. The van der Waals surface area contributed by atoms with Crippen LogP contribution in [-0.2, 0) is 9.47 Å². The van der Waals surface area contributed by atoms with E-state index in [9.17, 15) is 14.9 Å². The van der Waals surface area contributed by atoms with Gasteiger partial charge in [0.1, 0.15) is 11.7 Å². The summed E-state index contributed by atoms with van der Waals surface area (Å²) in [4.78, 5) is 26.8. The molecule has 2 fully saturated rings. The Bertz CT molecular complexity index is 706. The van der Waals surface area contributed by atoms with Gasteiger partial charge in [-0.3, -0.25) is 10.1 Å². The van der Waals surface area contributed by atoms with E-state index in [2.05, 4.69) is 0 Å². The molecule has 148 valence electrons. The number of ether oxygens (including phenoxy) is 3. The van der Waals surface area contributed by atoms with Gasteiger partial charge in [-0.05, 0) is 32.9 Å². The Morgan fingerprint density at radius 2 is 1.89 bits per heavy atom. The number of anilines is 1. The number of carbonyl (C=O) groups excluding carboxylic acids is 1. The Morgan fingerprint density at radius 1 is 1.22 bits per heavy atom. The van der Waals surface area contributed by atoms with Crippen molar-refractivity contribution >= 4 is 17.5 Å². The summed E-state index contributed by atoms with van der Waals surface area (Å²) in [7, 11) is 0. The molecule has 0 saturated carbocycles. The molecule has 9 nitrogen and oxygen atoms in total. The number of amides is 1. The minimum Gasteiger partial charge on any atom is -0.479 e. The summed E-state index contributed by atoms with van der Waals surface area (Å²) in [5, 5.41) is 11.4. The molecule has 0 N–H and O–H groups in total. The lowest BCUT2D eigenvalue weighted by Gasteiger charge is -2.36. The molecule has 0 radical (unpaired) electrons. The minimum absolute atomic E-state index is 0.0611. The highest BCUT2D eigenvalue weighted by Crippen LogP contribution is 2.33. The van der Waals surface area contributed by atoms with Crippen LogP contribution in [0, 0.1) is 10.1 Å². The van der Waals surface area contributed by atoms with Gasteiger partial charge < -0.3 is 24.0 Å². The van der Waals surface area contributed by atoms with Crippen LogP contribution in [0.4, 0.5) is 16.2 Å². The van der Waals surface area contributed by atoms with Crippen molar-refractivity contribution in [3.63, 3.8) is 0 Å². The Morgan fingerprint density at radius 3 is 2.41 bits per heavy atom. The van der Waals surface area contributed by atoms with Crippen molar-refractivity contribution < 1.29 is 23.9 Å². The monoisotopic (exact) mass is 379 g/mol. The average molecular weight is 379 g/mol. The van der Waals surface area contributed by atoms with Gasteiger partial charge in [0.25, 0.3) is 0 Å². The maximum absolute atomic E-state index is 12.2. The zero-order valence-corrected chi connectivity index (χ0v) is 15.8. The first-order valence-electron chi connectivity index (χ1n) is 8.98. The number of piperazine rings is 1. The van der Waals surface area contributed by atoms with Gasteiger partial charge in [-0.1, -0.05) is 0 Å². The van der Waals surface area contributed by atoms with Gasteiger partial charge in [-0.2, -0.15) is 0 Å². The van der Waals surface area contributed by atoms with Crippen LogP contribution in [0.1, 0.15) is 20.8 Å². The van der Waals surface area contributed by atoms with E-state index in [1.165, 1.54) is 6.07 Å². The number of hydrogen-bond acceptors (Lipinski definition) is 7. The lowest BCUT2D eigenvalue weighted by atomic mass is 10.2. The smallest absolute Gasteiger partial charge is 0.410 e. The van der Waals surface area contributed by atoms with Crippen LogP contribution >= 0.6 is 0 Å². The summed E-state index contributed by atoms with van der Waals surface area (Å²) in [6.07, 6.45) is -0.466. The summed E-state index contributed by atoms with van der Waals surface area (Å²) >= 11 is 0. The van der Waals surface area contributed by atoms with Crippen molar-refractivity contribution in [1.29, 1.82) is 0 Å². The average Bonchev–Trinajstić information content (AvgIpc) is 2.56. The predicted molar refractivity (Wildman–Crippen MR) is 98.4 cm³/mol. The van der Waals surface area contributed by atoms with Gasteiger partial charge in [0.15, 0.2) is 5.75 Å². The van der Waals surface area contributed by atoms with Crippen molar-refractivity contribution in [3.8, 4) is 5.75 Å². The van der Waals surface area contributed by atoms with Gasteiger partial charge in [0.05, 0.1) is 18.1 Å². The number of benzene rings is 1. The fraction of sp³-hybridized carbons (Fsp3) is 0.611. The van der Waals surface area contributed by atoms with Crippen molar-refractivity contribution in [2.75, 3.05) is 44.3 Å². The molecule has 1 amide bonds. The summed E-state index contributed by atoms with van der Waals surface area (Å²) in [5.41, 5.74) is 0.146. The van der Waals surface area contributed by atoms with Gasteiger partial charge >= 0.3 is 11.8 Å². The second-order valence-corrected chi connectivity index (χ2v) is 7.64. The van der Waals surface area contributed by atoms with Crippen LogP contribution < -0.4 is 9.64 Å². The molecule has 1 aromatic carbocycles. The largest absolute Gasteiger partial charge is 0.479 e. The number of rotatable bonds is 4. The van der Waals surface area contributed by atoms with Gasteiger partial charge in [-0.25, -0.2) is 4.79 Å².